The molecule has 12 heteroatoms. The molecule has 0 saturated carbocycles. The number of fused-ring (bicyclic) bond motifs is 1. The lowest BCUT2D eigenvalue weighted by Gasteiger charge is -2.34. The van der Waals surface area contributed by atoms with Crippen LogP contribution in [0.15, 0.2) is 29.6 Å². The smallest absolute Gasteiger partial charge is 0.251 e. The fourth-order valence-corrected chi connectivity index (χ4v) is 7.71. The highest BCUT2D eigenvalue weighted by Gasteiger charge is 2.53. The van der Waals surface area contributed by atoms with E-state index in [4.69, 9.17) is 14.5 Å². The molecule has 43 heavy (non-hydrogen) atoms. The van der Waals surface area contributed by atoms with Gasteiger partial charge in [0.2, 0.25) is 5.91 Å². The normalized spacial score (nSPS) is 23.5. The Balaban J connectivity index is 1.24. The lowest BCUT2D eigenvalue weighted by atomic mass is 9.87. The van der Waals surface area contributed by atoms with Gasteiger partial charge in [-0.2, -0.15) is 11.8 Å². The Hall–Kier alpha value is -2.51. The second kappa shape index (κ2) is 13.6. The van der Waals surface area contributed by atoms with Crippen molar-refractivity contribution < 1.29 is 23.9 Å². The van der Waals surface area contributed by atoms with Gasteiger partial charge in [-0.1, -0.05) is 32.9 Å². The van der Waals surface area contributed by atoms with Crippen molar-refractivity contribution in [2.75, 3.05) is 70.7 Å². The van der Waals surface area contributed by atoms with Crippen LogP contribution in [0.4, 0.5) is 5.13 Å². The molecule has 0 aliphatic carbocycles. The summed E-state index contributed by atoms with van der Waals surface area (Å²) in [5.41, 5.74) is 2.07. The van der Waals surface area contributed by atoms with Crippen LogP contribution in [0.3, 0.4) is 0 Å². The number of carbonyl (C=O) groups is 3. The second-order valence-corrected chi connectivity index (χ2v) is 14.6. The number of hydrogen-bond donors (Lipinski definition) is 1. The molecule has 4 atom stereocenters. The number of Topliss-reactive ketones (excluding diaryl/α,β-unsaturated/α-hetero) is 1. The van der Waals surface area contributed by atoms with Crippen LogP contribution in [0.1, 0.15) is 37.6 Å². The first-order chi connectivity index (χ1) is 20.6. The van der Waals surface area contributed by atoms with E-state index < -0.39 is 12.1 Å². The fourth-order valence-electron chi connectivity index (χ4n) is 6.02. The summed E-state index contributed by atoms with van der Waals surface area (Å²) in [6, 6.07) is 6.03. The Morgan fingerprint density at radius 2 is 1.91 bits per heavy atom. The van der Waals surface area contributed by atoms with Crippen LogP contribution < -0.4 is 10.2 Å². The molecule has 3 fully saturated rings. The largest absolute Gasteiger partial charge is 0.383 e. The van der Waals surface area contributed by atoms with E-state index in [1.807, 2.05) is 39.2 Å². The highest BCUT2D eigenvalue weighted by atomic mass is 32.2. The van der Waals surface area contributed by atoms with Crippen molar-refractivity contribution in [1.82, 2.24) is 20.1 Å². The van der Waals surface area contributed by atoms with E-state index in [0.717, 1.165) is 55.7 Å². The van der Waals surface area contributed by atoms with Crippen LogP contribution in [0.5, 0.6) is 0 Å². The van der Waals surface area contributed by atoms with Crippen molar-refractivity contribution in [2.24, 2.45) is 5.41 Å². The Bertz CT molecular complexity index is 1290. The number of thioether (sulfide) groups is 1. The van der Waals surface area contributed by atoms with Crippen molar-refractivity contribution in [3.05, 3.63) is 35.2 Å². The van der Waals surface area contributed by atoms with Gasteiger partial charge in [-0.15, -0.1) is 11.3 Å². The predicted octanol–water partition coefficient (Wildman–Crippen LogP) is 3.02. The quantitative estimate of drug-likeness (QED) is 0.425. The summed E-state index contributed by atoms with van der Waals surface area (Å²) in [5, 5.41) is 6.09. The number of nitrogens with one attached hydrogen (secondary N) is 1. The lowest BCUT2D eigenvalue weighted by Crippen LogP contribution is -2.53. The van der Waals surface area contributed by atoms with Crippen LogP contribution >= 0.6 is 23.1 Å². The van der Waals surface area contributed by atoms with Crippen LogP contribution in [0.2, 0.25) is 0 Å². The number of amides is 2. The minimum atomic E-state index is -0.752. The molecule has 3 aliphatic heterocycles. The van der Waals surface area contributed by atoms with Crippen LogP contribution in [0, 0.1) is 5.41 Å². The van der Waals surface area contributed by atoms with Crippen LogP contribution in [0.25, 0.3) is 11.3 Å². The van der Waals surface area contributed by atoms with Gasteiger partial charge in [0.05, 0.1) is 23.7 Å². The summed E-state index contributed by atoms with van der Waals surface area (Å²) in [6.45, 7) is 12.1. The van der Waals surface area contributed by atoms with Gasteiger partial charge in [0, 0.05) is 62.9 Å². The predicted molar refractivity (Wildman–Crippen MR) is 171 cm³/mol. The topological polar surface area (TPSA) is 104 Å². The Labute approximate surface area is 262 Å². The summed E-state index contributed by atoms with van der Waals surface area (Å²) in [7, 11) is 1.73. The van der Waals surface area contributed by atoms with Gasteiger partial charge in [0.25, 0.3) is 5.91 Å². The number of nitrogens with zero attached hydrogens (tertiary/aromatic N) is 4. The molecule has 1 aromatic carbocycles. The maximum atomic E-state index is 13.9. The minimum Gasteiger partial charge on any atom is -0.383 e. The minimum absolute atomic E-state index is 0.0326. The SMILES string of the molecule is COCCN1CCN(c2nc(-c3ccc(C(=O)N[C@@H](CC(C)(C)C)C(=O)N4C[C@H](SC)[C@H]5OCC(=O)[C@H]54)cc3)cs2)CC1. The molecule has 3 saturated heterocycles. The molecule has 2 amide bonds. The number of thiazole rings is 1. The van der Waals surface area contributed by atoms with Gasteiger partial charge in [-0.3, -0.25) is 19.3 Å². The molecule has 0 spiro atoms. The van der Waals surface area contributed by atoms with Gasteiger partial charge in [-0.25, -0.2) is 4.98 Å². The first kappa shape index (κ1) is 31.9. The highest BCUT2D eigenvalue weighted by Crippen LogP contribution is 2.35. The van der Waals surface area contributed by atoms with Crippen molar-refractivity contribution in [2.45, 2.75) is 50.6 Å². The monoisotopic (exact) mass is 629 g/mol. The van der Waals surface area contributed by atoms with E-state index in [0.29, 0.717) is 18.5 Å². The third-order valence-electron chi connectivity index (χ3n) is 8.33. The van der Waals surface area contributed by atoms with Gasteiger partial charge in [-0.05, 0) is 30.2 Å². The lowest BCUT2D eigenvalue weighted by molar-refractivity contribution is -0.138. The fraction of sp³-hybridized carbons (Fsp3) is 0.613. The van der Waals surface area contributed by atoms with E-state index >= 15 is 0 Å². The molecule has 0 unspecified atom stereocenters. The molecule has 4 heterocycles. The van der Waals surface area contributed by atoms with E-state index in [1.165, 1.54) is 0 Å². The molecule has 1 N–H and O–H groups in total. The number of methoxy groups -OCH3 is 1. The van der Waals surface area contributed by atoms with Gasteiger partial charge in [0.1, 0.15) is 18.7 Å². The zero-order valence-corrected chi connectivity index (χ0v) is 27.3. The number of anilines is 1. The molecular weight excluding hydrogens is 587 g/mol. The van der Waals surface area contributed by atoms with E-state index in [-0.39, 0.29) is 41.0 Å². The number of hydrogen-bond acceptors (Lipinski definition) is 10. The number of ketones is 1. The average Bonchev–Trinajstić information content (AvgIpc) is 3.72. The number of piperazine rings is 1. The number of carbonyl (C=O) groups excluding carboxylic acids is 3. The standard InChI is InChI=1S/C31H43N5O5S2/c1-31(2,3)16-22(29(39)36-17-25(42-5)27-26(36)24(37)18-41-27)32-28(38)21-8-6-20(7-9-21)23-19-43-30(33-23)35-12-10-34(11-13-35)14-15-40-4/h6-9,19,22,25-27H,10-18H2,1-5H3,(H,32,38)/t22-,25-,26+,27+/m0/s1. The number of rotatable bonds is 10. The zero-order valence-electron chi connectivity index (χ0n) is 25.7. The molecule has 2 aromatic rings. The number of likely N-dealkylation sites (tertiary alicyclic amines) is 1. The van der Waals surface area contributed by atoms with Crippen molar-refractivity contribution in [3.63, 3.8) is 0 Å². The Morgan fingerprint density at radius 3 is 2.56 bits per heavy atom. The molecule has 1 aromatic heterocycles. The second-order valence-electron chi connectivity index (χ2n) is 12.7. The molecule has 5 rings (SSSR count). The maximum absolute atomic E-state index is 13.9. The molecule has 0 bridgehead atoms. The van der Waals surface area contributed by atoms with Crippen LogP contribution in [-0.2, 0) is 19.1 Å². The van der Waals surface area contributed by atoms with Crippen molar-refractivity contribution >= 4 is 45.8 Å². The van der Waals surface area contributed by atoms with Gasteiger partial charge >= 0.3 is 0 Å². The summed E-state index contributed by atoms with van der Waals surface area (Å²) < 4.78 is 10.9. The summed E-state index contributed by atoms with van der Waals surface area (Å²) >= 11 is 3.24. The van der Waals surface area contributed by atoms with E-state index in [2.05, 4.69) is 20.5 Å². The number of aromatic nitrogens is 1. The maximum Gasteiger partial charge on any atom is 0.251 e. The third kappa shape index (κ3) is 7.42. The number of ether oxygens (including phenoxy) is 2. The summed E-state index contributed by atoms with van der Waals surface area (Å²) in [4.78, 5) is 51.2. The van der Waals surface area contributed by atoms with E-state index in [9.17, 15) is 14.4 Å². The van der Waals surface area contributed by atoms with Gasteiger partial charge in [0.15, 0.2) is 10.9 Å². The summed E-state index contributed by atoms with van der Waals surface area (Å²) in [5.74, 6) is -0.605. The molecular formula is C31H43N5O5S2. The molecule has 3 aliphatic rings. The van der Waals surface area contributed by atoms with Gasteiger partial charge < -0.3 is 24.6 Å². The third-order valence-corrected chi connectivity index (χ3v) is 10.3. The molecule has 10 nitrogen and oxygen atoms in total. The summed E-state index contributed by atoms with van der Waals surface area (Å²) in [6.07, 6.45) is 2.13. The van der Waals surface area contributed by atoms with Crippen LogP contribution in [-0.4, -0.2) is 122 Å². The number of benzene rings is 1. The van der Waals surface area contributed by atoms with Crippen molar-refractivity contribution in [3.8, 4) is 11.3 Å². The average molecular weight is 630 g/mol. The molecule has 234 valence electrons. The first-order valence-electron chi connectivity index (χ1n) is 14.9. The van der Waals surface area contributed by atoms with E-state index in [1.54, 1.807) is 47.2 Å². The Morgan fingerprint density at radius 1 is 1.19 bits per heavy atom. The molecule has 0 radical (unpaired) electrons. The Kier molecular flexibility index (Phi) is 10.1. The van der Waals surface area contributed by atoms with Crippen molar-refractivity contribution in [1.29, 1.82) is 0 Å². The first-order valence-corrected chi connectivity index (χ1v) is 17.1. The zero-order chi connectivity index (χ0) is 30.7. The highest BCUT2D eigenvalue weighted by molar-refractivity contribution is 7.99.